The van der Waals surface area contributed by atoms with Crippen LogP contribution in [-0.2, 0) is 4.79 Å². The molecular formula is C14H15F2N3O2S. The molecule has 0 radical (unpaired) electrons. The zero-order chi connectivity index (χ0) is 16.9. The molecule has 0 aliphatic heterocycles. The number of azide groups is 1. The third-order valence-electron chi connectivity index (χ3n) is 3.24. The van der Waals surface area contributed by atoms with Crippen LogP contribution < -0.4 is 0 Å². The Bertz CT molecular complexity index is 643. The summed E-state index contributed by atoms with van der Waals surface area (Å²) < 4.78 is 27.2. The van der Waals surface area contributed by atoms with Crippen molar-refractivity contribution in [3.8, 4) is 0 Å². The van der Waals surface area contributed by atoms with Crippen LogP contribution in [0.5, 0.6) is 0 Å². The second kappa shape index (κ2) is 7.91. The highest BCUT2D eigenvalue weighted by atomic mass is 32.2. The van der Waals surface area contributed by atoms with Crippen molar-refractivity contribution in [2.24, 2.45) is 17.0 Å². The number of benzene rings is 1. The standard InChI is InChI=1S/C14H15F2N3O2S/c1-7(2)8(3)4-13(20)22-12-5-9(14(21)18-19-17)10(15)6-11(12)16/h5-8H,4H2,1-3H3. The minimum absolute atomic E-state index is 0.118. The van der Waals surface area contributed by atoms with Crippen molar-refractivity contribution in [3.05, 3.63) is 39.8 Å². The highest BCUT2D eigenvalue weighted by molar-refractivity contribution is 8.13. The van der Waals surface area contributed by atoms with Gasteiger partial charge in [0, 0.05) is 17.4 Å². The van der Waals surface area contributed by atoms with Crippen molar-refractivity contribution in [2.45, 2.75) is 32.1 Å². The zero-order valence-corrected chi connectivity index (χ0v) is 13.2. The van der Waals surface area contributed by atoms with Gasteiger partial charge in [0.25, 0.3) is 5.91 Å². The molecule has 0 heterocycles. The zero-order valence-electron chi connectivity index (χ0n) is 12.3. The Morgan fingerprint density at radius 1 is 1.27 bits per heavy atom. The van der Waals surface area contributed by atoms with Gasteiger partial charge in [-0.2, -0.15) is 0 Å². The molecule has 8 heteroatoms. The molecule has 0 aliphatic rings. The van der Waals surface area contributed by atoms with Gasteiger partial charge in [-0.05, 0) is 40.3 Å². The van der Waals surface area contributed by atoms with Crippen molar-refractivity contribution in [1.82, 2.24) is 0 Å². The monoisotopic (exact) mass is 327 g/mol. The molecule has 0 saturated carbocycles. The summed E-state index contributed by atoms with van der Waals surface area (Å²) in [6.07, 6.45) is 0.235. The van der Waals surface area contributed by atoms with Gasteiger partial charge in [-0.3, -0.25) is 9.59 Å². The summed E-state index contributed by atoms with van der Waals surface area (Å²) in [5, 5.41) is 2.48. The van der Waals surface area contributed by atoms with E-state index < -0.39 is 23.1 Å². The average molecular weight is 327 g/mol. The first-order chi connectivity index (χ1) is 10.3. The Morgan fingerprint density at radius 2 is 1.91 bits per heavy atom. The Hall–Kier alpha value is -1.92. The van der Waals surface area contributed by atoms with Crippen LogP contribution in [-0.4, -0.2) is 11.0 Å². The minimum atomic E-state index is -1.16. The molecule has 0 spiro atoms. The summed E-state index contributed by atoms with van der Waals surface area (Å²) in [6.45, 7) is 5.84. The molecule has 1 amide bonds. The number of hydrogen-bond acceptors (Lipinski definition) is 3. The molecule has 1 aromatic carbocycles. The van der Waals surface area contributed by atoms with E-state index >= 15 is 0 Å². The minimum Gasteiger partial charge on any atom is -0.287 e. The second-order valence-corrected chi connectivity index (χ2v) is 6.26. The second-order valence-electron chi connectivity index (χ2n) is 5.16. The molecule has 1 aromatic rings. The molecule has 0 aliphatic carbocycles. The number of hydrogen-bond donors (Lipinski definition) is 0. The van der Waals surface area contributed by atoms with Crippen molar-refractivity contribution in [3.63, 3.8) is 0 Å². The predicted octanol–water partition coefficient (Wildman–Crippen LogP) is 4.72. The van der Waals surface area contributed by atoms with E-state index in [1.807, 2.05) is 20.8 Å². The predicted molar refractivity (Wildman–Crippen MR) is 79.3 cm³/mol. The molecule has 1 rings (SSSR count). The number of halogens is 2. The van der Waals surface area contributed by atoms with Crippen LogP contribution in [0.15, 0.2) is 22.1 Å². The van der Waals surface area contributed by atoms with Gasteiger partial charge in [-0.25, -0.2) is 8.78 Å². The molecular weight excluding hydrogens is 312 g/mol. The van der Waals surface area contributed by atoms with E-state index in [2.05, 4.69) is 10.0 Å². The number of rotatable bonds is 5. The average Bonchev–Trinajstić information content (AvgIpc) is 2.41. The van der Waals surface area contributed by atoms with Crippen LogP contribution in [0.1, 0.15) is 37.6 Å². The molecule has 5 nitrogen and oxygen atoms in total. The fourth-order valence-corrected chi connectivity index (χ4v) is 2.45. The number of carbonyl (C=O) groups excluding carboxylic acids is 2. The summed E-state index contributed by atoms with van der Waals surface area (Å²) >= 11 is 0.607. The van der Waals surface area contributed by atoms with Crippen LogP contribution >= 0.6 is 11.8 Å². The number of nitrogens with zero attached hydrogens (tertiary/aromatic N) is 3. The van der Waals surface area contributed by atoms with Crippen LogP contribution in [0.2, 0.25) is 0 Å². The number of amides is 1. The molecule has 0 fully saturated rings. The molecule has 1 atom stereocenters. The number of carbonyl (C=O) groups is 2. The van der Waals surface area contributed by atoms with Gasteiger partial charge >= 0.3 is 0 Å². The van der Waals surface area contributed by atoms with Gasteiger partial charge in [-0.1, -0.05) is 20.8 Å². The van der Waals surface area contributed by atoms with E-state index in [0.717, 1.165) is 6.07 Å². The largest absolute Gasteiger partial charge is 0.287 e. The molecule has 1 unspecified atom stereocenters. The maximum Gasteiger partial charge on any atom is 0.252 e. The maximum atomic E-state index is 13.7. The van der Waals surface area contributed by atoms with E-state index in [9.17, 15) is 18.4 Å². The molecule has 0 saturated heterocycles. The van der Waals surface area contributed by atoms with Gasteiger partial charge in [0.1, 0.15) is 11.6 Å². The van der Waals surface area contributed by atoms with Crippen LogP contribution in [0.25, 0.3) is 10.4 Å². The quantitative estimate of drug-likeness (QED) is 0.339. The highest BCUT2D eigenvalue weighted by Gasteiger charge is 2.19. The summed E-state index contributed by atoms with van der Waals surface area (Å²) in [6, 6.07) is 1.39. The molecule has 0 aromatic heterocycles. The van der Waals surface area contributed by atoms with Gasteiger partial charge in [0.2, 0.25) is 0 Å². The number of thioether (sulfide) groups is 1. The lowest BCUT2D eigenvalue weighted by atomic mass is 9.95. The van der Waals surface area contributed by atoms with E-state index in [1.165, 1.54) is 0 Å². The van der Waals surface area contributed by atoms with Gasteiger partial charge < -0.3 is 0 Å². The third kappa shape index (κ3) is 4.82. The molecule has 22 heavy (non-hydrogen) atoms. The van der Waals surface area contributed by atoms with Crippen molar-refractivity contribution in [1.29, 1.82) is 0 Å². The van der Waals surface area contributed by atoms with Crippen molar-refractivity contribution in [2.75, 3.05) is 0 Å². The van der Waals surface area contributed by atoms with Gasteiger partial charge in [0.15, 0.2) is 5.12 Å². The first-order valence-corrected chi connectivity index (χ1v) is 7.37. The lowest BCUT2D eigenvalue weighted by Crippen LogP contribution is -2.09. The first kappa shape index (κ1) is 18.1. The Labute approximate surface area is 130 Å². The Balaban J connectivity index is 3.00. The molecule has 0 N–H and O–H groups in total. The van der Waals surface area contributed by atoms with E-state index in [-0.39, 0.29) is 22.3 Å². The van der Waals surface area contributed by atoms with Crippen LogP contribution in [0.3, 0.4) is 0 Å². The Morgan fingerprint density at radius 3 is 2.45 bits per heavy atom. The van der Waals surface area contributed by atoms with Gasteiger partial charge in [0.05, 0.1) is 10.5 Å². The lowest BCUT2D eigenvalue weighted by molar-refractivity contribution is -0.112. The maximum absolute atomic E-state index is 13.7. The third-order valence-corrected chi connectivity index (χ3v) is 4.17. The normalized spacial score (nSPS) is 11.9. The summed E-state index contributed by atoms with van der Waals surface area (Å²) in [5.74, 6) is -2.82. The van der Waals surface area contributed by atoms with E-state index in [1.54, 1.807) is 0 Å². The van der Waals surface area contributed by atoms with Gasteiger partial charge in [-0.15, -0.1) is 0 Å². The first-order valence-electron chi connectivity index (χ1n) is 6.55. The topological polar surface area (TPSA) is 82.9 Å². The van der Waals surface area contributed by atoms with E-state index in [4.69, 9.17) is 5.53 Å². The fraction of sp³-hybridized carbons (Fsp3) is 0.429. The Kier molecular flexibility index (Phi) is 6.52. The summed E-state index contributed by atoms with van der Waals surface area (Å²) in [4.78, 5) is 25.4. The fourth-order valence-electron chi connectivity index (χ4n) is 1.53. The molecule has 0 bridgehead atoms. The highest BCUT2D eigenvalue weighted by Crippen LogP contribution is 2.29. The lowest BCUT2D eigenvalue weighted by Gasteiger charge is -2.14. The summed E-state index contributed by atoms with van der Waals surface area (Å²) in [5.41, 5.74) is 7.63. The van der Waals surface area contributed by atoms with E-state index in [0.29, 0.717) is 23.7 Å². The van der Waals surface area contributed by atoms with Crippen molar-refractivity contribution >= 4 is 22.8 Å². The van der Waals surface area contributed by atoms with Crippen LogP contribution in [0.4, 0.5) is 8.78 Å². The molecule has 118 valence electrons. The summed E-state index contributed by atoms with van der Waals surface area (Å²) in [7, 11) is 0. The van der Waals surface area contributed by atoms with Crippen molar-refractivity contribution < 1.29 is 18.4 Å². The SMILES string of the molecule is CC(C)C(C)CC(=O)Sc1cc(C(=O)N=[N+]=[N-])c(F)cc1F. The smallest absolute Gasteiger partial charge is 0.252 e. The van der Waals surface area contributed by atoms with Crippen LogP contribution in [0, 0.1) is 23.5 Å².